The molecular weight excluding hydrogens is 439 g/mol. The average molecular weight is 461 g/mol. The molecule has 0 saturated carbocycles. The Morgan fingerprint density at radius 3 is 2.43 bits per heavy atom. The number of benzene rings is 2. The monoisotopic (exact) mass is 460 g/mol. The van der Waals surface area contributed by atoms with Crippen molar-refractivity contribution in [3.05, 3.63) is 69.7 Å². The summed E-state index contributed by atoms with van der Waals surface area (Å²) in [7, 11) is -3.49. The van der Waals surface area contributed by atoms with Crippen LogP contribution in [-0.4, -0.2) is 43.7 Å². The van der Waals surface area contributed by atoms with E-state index in [-0.39, 0.29) is 19.0 Å². The Kier molecular flexibility index (Phi) is 9.11. The zero-order chi connectivity index (χ0) is 20.6. The Balaban J connectivity index is 1.75. The summed E-state index contributed by atoms with van der Waals surface area (Å²) < 4.78 is 25.1. The minimum atomic E-state index is -3.49. The van der Waals surface area contributed by atoms with Gasteiger partial charge in [0.2, 0.25) is 15.9 Å². The quantitative estimate of drug-likeness (QED) is 0.547. The molecule has 0 aliphatic heterocycles. The molecule has 152 valence electrons. The molecule has 5 nitrogen and oxygen atoms in total. The van der Waals surface area contributed by atoms with Crippen molar-refractivity contribution in [2.45, 2.75) is 12.3 Å². The van der Waals surface area contributed by atoms with E-state index in [2.05, 4.69) is 5.32 Å². The molecule has 0 saturated heterocycles. The third-order valence-electron chi connectivity index (χ3n) is 3.81. The van der Waals surface area contributed by atoms with E-state index in [9.17, 15) is 13.2 Å². The normalized spacial score (nSPS) is 11.6. The van der Waals surface area contributed by atoms with Crippen molar-refractivity contribution in [1.82, 2.24) is 9.62 Å². The predicted molar refractivity (Wildman–Crippen MR) is 117 cm³/mol. The van der Waals surface area contributed by atoms with Crippen LogP contribution in [0.5, 0.6) is 0 Å². The molecule has 28 heavy (non-hydrogen) atoms. The summed E-state index contributed by atoms with van der Waals surface area (Å²) in [4.78, 5) is 12.1. The molecule has 2 aromatic carbocycles. The van der Waals surface area contributed by atoms with Gasteiger partial charge >= 0.3 is 0 Å². The van der Waals surface area contributed by atoms with Gasteiger partial charge in [0.15, 0.2) is 0 Å². The fraction of sp³-hybridized carbons (Fsp3) is 0.316. The first-order chi connectivity index (χ1) is 13.3. The van der Waals surface area contributed by atoms with Crippen LogP contribution in [0.1, 0.15) is 11.1 Å². The first kappa shape index (κ1) is 23.0. The smallest absolute Gasteiger partial charge is 0.235 e. The molecular formula is C19H22Cl2N2O3S2. The third-order valence-corrected chi connectivity index (χ3v) is 6.78. The number of sulfonamides is 1. The molecule has 0 bridgehead atoms. The molecule has 0 atom stereocenters. The van der Waals surface area contributed by atoms with Crippen molar-refractivity contribution < 1.29 is 13.2 Å². The summed E-state index contributed by atoms with van der Waals surface area (Å²) in [6.45, 7) is 0.415. The Morgan fingerprint density at radius 2 is 1.79 bits per heavy atom. The van der Waals surface area contributed by atoms with E-state index in [0.717, 1.165) is 23.1 Å². The summed E-state index contributed by atoms with van der Waals surface area (Å²) in [5.74, 6) is 1.12. The second-order valence-electron chi connectivity index (χ2n) is 6.17. The van der Waals surface area contributed by atoms with Crippen LogP contribution in [0.2, 0.25) is 10.0 Å². The second kappa shape index (κ2) is 11.1. The summed E-state index contributed by atoms with van der Waals surface area (Å²) in [5.41, 5.74) is 1.88. The van der Waals surface area contributed by atoms with Gasteiger partial charge in [0, 0.05) is 24.6 Å². The van der Waals surface area contributed by atoms with E-state index in [0.29, 0.717) is 22.3 Å². The van der Waals surface area contributed by atoms with Crippen molar-refractivity contribution in [1.29, 1.82) is 0 Å². The molecule has 0 radical (unpaired) electrons. The first-order valence-electron chi connectivity index (χ1n) is 8.53. The molecule has 0 aliphatic carbocycles. The zero-order valence-corrected chi connectivity index (χ0v) is 18.5. The lowest BCUT2D eigenvalue weighted by Crippen LogP contribution is -2.40. The van der Waals surface area contributed by atoms with E-state index >= 15 is 0 Å². The Hall–Kier alpha value is -1.25. The van der Waals surface area contributed by atoms with Crippen molar-refractivity contribution >= 4 is 50.9 Å². The number of amides is 1. The SMILES string of the molecule is CS(=O)(=O)N(CC(=O)NCCSCc1ccc(Cl)c(Cl)c1)Cc1ccccc1. The lowest BCUT2D eigenvalue weighted by molar-refractivity contribution is -0.121. The molecule has 2 rings (SSSR count). The lowest BCUT2D eigenvalue weighted by Gasteiger charge is -2.19. The highest BCUT2D eigenvalue weighted by Gasteiger charge is 2.20. The number of hydrogen-bond acceptors (Lipinski definition) is 4. The predicted octanol–water partition coefficient (Wildman–Crippen LogP) is 3.80. The molecule has 0 fully saturated rings. The molecule has 1 N–H and O–H groups in total. The Labute approximate surface area is 180 Å². The van der Waals surface area contributed by atoms with Gasteiger partial charge in [-0.25, -0.2) is 8.42 Å². The van der Waals surface area contributed by atoms with Gasteiger partial charge in [0.1, 0.15) is 0 Å². The Bertz CT molecular complexity index is 893. The topological polar surface area (TPSA) is 66.5 Å². The fourth-order valence-electron chi connectivity index (χ4n) is 2.38. The number of halogens is 2. The van der Waals surface area contributed by atoms with E-state index in [4.69, 9.17) is 23.2 Å². The van der Waals surface area contributed by atoms with Crippen molar-refractivity contribution in [3.63, 3.8) is 0 Å². The first-order valence-corrected chi connectivity index (χ1v) is 12.3. The van der Waals surface area contributed by atoms with Crippen molar-refractivity contribution in [3.8, 4) is 0 Å². The van der Waals surface area contributed by atoms with Crippen molar-refractivity contribution in [2.75, 3.05) is 25.1 Å². The largest absolute Gasteiger partial charge is 0.354 e. The van der Waals surface area contributed by atoms with E-state index in [1.165, 1.54) is 4.31 Å². The van der Waals surface area contributed by atoms with Crippen molar-refractivity contribution in [2.24, 2.45) is 0 Å². The zero-order valence-electron chi connectivity index (χ0n) is 15.4. The van der Waals surface area contributed by atoms with Gasteiger partial charge in [0.05, 0.1) is 22.8 Å². The highest BCUT2D eigenvalue weighted by Crippen LogP contribution is 2.24. The highest BCUT2D eigenvalue weighted by molar-refractivity contribution is 7.98. The molecule has 2 aromatic rings. The molecule has 1 amide bonds. The maximum atomic E-state index is 12.1. The number of nitrogens with one attached hydrogen (secondary N) is 1. The maximum absolute atomic E-state index is 12.1. The van der Waals surface area contributed by atoms with Gasteiger partial charge in [-0.3, -0.25) is 4.79 Å². The molecule has 0 unspecified atom stereocenters. The number of rotatable bonds is 10. The third kappa shape index (κ3) is 8.01. The average Bonchev–Trinajstić information content (AvgIpc) is 2.64. The number of carbonyl (C=O) groups is 1. The van der Waals surface area contributed by atoms with Gasteiger partial charge < -0.3 is 5.32 Å². The number of hydrogen-bond donors (Lipinski definition) is 1. The molecule has 0 spiro atoms. The number of nitrogens with zero attached hydrogens (tertiary/aromatic N) is 1. The van der Waals surface area contributed by atoms with Crippen LogP contribution >= 0.6 is 35.0 Å². The van der Waals surface area contributed by atoms with E-state index in [1.54, 1.807) is 17.8 Å². The number of carbonyl (C=O) groups excluding carboxylic acids is 1. The minimum absolute atomic E-state index is 0.166. The summed E-state index contributed by atoms with van der Waals surface area (Å²) in [6.07, 6.45) is 1.11. The fourth-order valence-corrected chi connectivity index (χ4v) is 4.24. The van der Waals surface area contributed by atoms with Gasteiger partial charge in [-0.1, -0.05) is 59.6 Å². The molecule has 0 aliphatic rings. The number of thioether (sulfide) groups is 1. The van der Waals surface area contributed by atoms with Gasteiger partial charge in [-0.2, -0.15) is 16.1 Å². The second-order valence-corrected chi connectivity index (χ2v) is 10.1. The van der Waals surface area contributed by atoms with Crippen LogP contribution in [0, 0.1) is 0 Å². The summed E-state index contributed by atoms with van der Waals surface area (Å²) in [5, 5.41) is 3.81. The molecule has 9 heteroatoms. The summed E-state index contributed by atoms with van der Waals surface area (Å²) >= 11 is 13.5. The van der Waals surface area contributed by atoms with Gasteiger partial charge in [-0.05, 0) is 23.3 Å². The van der Waals surface area contributed by atoms with E-state index < -0.39 is 10.0 Å². The van der Waals surface area contributed by atoms with Crippen LogP contribution < -0.4 is 5.32 Å². The van der Waals surface area contributed by atoms with E-state index in [1.807, 2.05) is 42.5 Å². The highest BCUT2D eigenvalue weighted by atomic mass is 35.5. The minimum Gasteiger partial charge on any atom is -0.354 e. The van der Waals surface area contributed by atoms with Crippen LogP contribution in [0.4, 0.5) is 0 Å². The van der Waals surface area contributed by atoms with Crippen LogP contribution in [-0.2, 0) is 27.1 Å². The summed E-state index contributed by atoms with van der Waals surface area (Å²) in [6, 6.07) is 14.7. The van der Waals surface area contributed by atoms with Crippen LogP contribution in [0.3, 0.4) is 0 Å². The molecule has 0 heterocycles. The standard InChI is InChI=1S/C19H22Cl2N2O3S2/c1-28(25,26)23(12-15-5-3-2-4-6-15)13-19(24)22-9-10-27-14-16-7-8-17(20)18(21)11-16/h2-8,11H,9-10,12-14H2,1H3,(H,22,24). The Morgan fingerprint density at radius 1 is 1.07 bits per heavy atom. The van der Waals surface area contributed by atoms with Crippen LogP contribution in [0.25, 0.3) is 0 Å². The van der Waals surface area contributed by atoms with Gasteiger partial charge in [-0.15, -0.1) is 0 Å². The van der Waals surface area contributed by atoms with Gasteiger partial charge in [0.25, 0.3) is 0 Å². The molecule has 0 aromatic heterocycles. The van der Waals surface area contributed by atoms with Crippen LogP contribution in [0.15, 0.2) is 48.5 Å². The lowest BCUT2D eigenvalue weighted by atomic mass is 10.2. The maximum Gasteiger partial charge on any atom is 0.235 e.